The average molecular weight is 469 g/mol. The van der Waals surface area contributed by atoms with Crippen LogP contribution in [0.4, 0.5) is 20.2 Å². The predicted octanol–water partition coefficient (Wildman–Crippen LogP) is 1.79. The molecular formula is C24H25F2N5O3. The molecule has 10 heteroatoms. The van der Waals surface area contributed by atoms with Crippen LogP contribution < -0.4 is 25.9 Å². The largest absolute Gasteiger partial charge is 0.477 e. The number of carboxylic acid groups (broad SMARTS) is 1. The lowest BCUT2D eigenvalue weighted by molar-refractivity contribution is 0.0695. The van der Waals surface area contributed by atoms with E-state index in [-0.39, 0.29) is 16.6 Å². The van der Waals surface area contributed by atoms with E-state index in [1.165, 1.54) is 16.7 Å². The summed E-state index contributed by atoms with van der Waals surface area (Å²) in [6.45, 7) is 5.23. The van der Waals surface area contributed by atoms with Gasteiger partial charge < -0.3 is 30.1 Å². The third-order valence-electron chi connectivity index (χ3n) is 6.44. The van der Waals surface area contributed by atoms with Gasteiger partial charge in [-0.3, -0.25) is 4.79 Å². The zero-order valence-corrected chi connectivity index (χ0v) is 18.5. The summed E-state index contributed by atoms with van der Waals surface area (Å²) in [5.41, 5.74) is -0.310. The minimum atomic E-state index is -1.45. The third-order valence-corrected chi connectivity index (χ3v) is 6.44. The number of carbonyl (C=O) groups is 1. The fraction of sp³-hybridized carbons (Fsp3) is 0.333. The van der Waals surface area contributed by atoms with Crippen molar-refractivity contribution in [2.45, 2.75) is 0 Å². The summed E-state index contributed by atoms with van der Waals surface area (Å²) in [5.74, 6) is -2.60. The molecule has 0 bridgehead atoms. The average Bonchev–Trinajstić information content (AvgIpc) is 2.85. The first-order valence-corrected chi connectivity index (χ1v) is 11.3. The number of pyridine rings is 1. The molecule has 2 saturated heterocycles. The summed E-state index contributed by atoms with van der Waals surface area (Å²) >= 11 is 0. The minimum Gasteiger partial charge on any atom is -0.477 e. The van der Waals surface area contributed by atoms with Gasteiger partial charge in [-0.15, -0.1) is 0 Å². The fourth-order valence-corrected chi connectivity index (χ4v) is 4.68. The van der Waals surface area contributed by atoms with Crippen LogP contribution in [0.25, 0.3) is 16.6 Å². The van der Waals surface area contributed by atoms with Crippen LogP contribution in [0.15, 0.2) is 41.3 Å². The van der Waals surface area contributed by atoms with Gasteiger partial charge in [0.2, 0.25) is 5.43 Å². The summed E-state index contributed by atoms with van der Waals surface area (Å²) in [4.78, 5) is 28.5. The van der Waals surface area contributed by atoms with Gasteiger partial charge in [0.1, 0.15) is 11.4 Å². The van der Waals surface area contributed by atoms with Crippen molar-refractivity contribution in [2.24, 2.45) is 0 Å². The van der Waals surface area contributed by atoms with Gasteiger partial charge in [0.15, 0.2) is 5.82 Å². The Morgan fingerprint density at radius 2 is 1.47 bits per heavy atom. The van der Waals surface area contributed by atoms with E-state index < -0.39 is 28.6 Å². The monoisotopic (exact) mass is 469 g/mol. The highest BCUT2D eigenvalue weighted by molar-refractivity contribution is 5.94. The van der Waals surface area contributed by atoms with Crippen molar-refractivity contribution in [3.8, 4) is 5.69 Å². The second-order valence-electron chi connectivity index (χ2n) is 8.45. The van der Waals surface area contributed by atoms with Crippen LogP contribution in [0, 0.1) is 11.6 Å². The van der Waals surface area contributed by atoms with Crippen LogP contribution >= 0.6 is 0 Å². The summed E-state index contributed by atoms with van der Waals surface area (Å²) in [6, 6.07) is 7.49. The number of hydrogen-bond donors (Lipinski definition) is 3. The van der Waals surface area contributed by atoms with Gasteiger partial charge in [-0.1, -0.05) is 6.07 Å². The van der Waals surface area contributed by atoms with E-state index in [9.17, 15) is 14.7 Å². The Morgan fingerprint density at radius 1 is 0.882 bits per heavy atom. The number of rotatable bonds is 4. The van der Waals surface area contributed by atoms with E-state index in [0.29, 0.717) is 50.6 Å². The van der Waals surface area contributed by atoms with Gasteiger partial charge in [-0.25, -0.2) is 13.6 Å². The number of nitrogens with zero attached hydrogens (tertiary/aromatic N) is 3. The van der Waals surface area contributed by atoms with Gasteiger partial charge in [-0.2, -0.15) is 0 Å². The molecule has 3 heterocycles. The number of halogens is 2. The van der Waals surface area contributed by atoms with Crippen molar-refractivity contribution in [2.75, 3.05) is 62.2 Å². The van der Waals surface area contributed by atoms with Crippen molar-refractivity contribution in [1.82, 2.24) is 15.2 Å². The molecule has 3 aromatic rings. The highest BCUT2D eigenvalue weighted by atomic mass is 19.1. The molecule has 0 spiro atoms. The Labute approximate surface area is 194 Å². The van der Waals surface area contributed by atoms with Gasteiger partial charge in [-0.05, 0) is 24.3 Å². The van der Waals surface area contributed by atoms with Crippen molar-refractivity contribution in [3.05, 3.63) is 63.9 Å². The molecule has 5 rings (SSSR count). The Hall–Kier alpha value is -3.50. The van der Waals surface area contributed by atoms with Crippen LogP contribution in [0.5, 0.6) is 0 Å². The van der Waals surface area contributed by atoms with E-state index in [2.05, 4.69) is 10.6 Å². The molecular weight excluding hydrogens is 444 g/mol. The van der Waals surface area contributed by atoms with Crippen molar-refractivity contribution in [1.29, 1.82) is 0 Å². The molecule has 0 aliphatic carbocycles. The lowest BCUT2D eigenvalue weighted by Crippen LogP contribution is -2.44. The van der Waals surface area contributed by atoms with Crippen LogP contribution in [-0.4, -0.2) is 68.0 Å². The number of hydrogen-bond acceptors (Lipinski definition) is 6. The summed E-state index contributed by atoms with van der Waals surface area (Å²) in [7, 11) is 0. The molecule has 2 aromatic carbocycles. The number of piperazine rings is 2. The molecule has 0 atom stereocenters. The highest BCUT2D eigenvalue weighted by Crippen LogP contribution is 2.31. The van der Waals surface area contributed by atoms with Gasteiger partial charge in [0, 0.05) is 63.9 Å². The van der Waals surface area contributed by atoms with Crippen LogP contribution in [0.1, 0.15) is 10.4 Å². The number of nitrogens with one attached hydrogen (secondary N) is 2. The van der Waals surface area contributed by atoms with Crippen LogP contribution in [0.3, 0.4) is 0 Å². The second kappa shape index (κ2) is 9.03. The Morgan fingerprint density at radius 3 is 2.09 bits per heavy atom. The molecule has 0 unspecified atom stereocenters. The van der Waals surface area contributed by atoms with Crippen molar-refractivity contribution >= 4 is 28.2 Å². The molecule has 8 nitrogen and oxygen atoms in total. The van der Waals surface area contributed by atoms with Crippen LogP contribution in [0.2, 0.25) is 0 Å². The molecule has 0 amide bonds. The number of aromatic nitrogens is 1. The summed E-state index contributed by atoms with van der Waals surface area (Å²) < 4.78 is 32.3. The quantitative estimate of drug-likeness (QED) is 0.537. The smallest absolute Gasteiger partial charge is 0.341 e. The van der Waals surface area contributed by atoms with E-state index >= 15 is 8.78 Å². The maximum Gasteiger partial charge on any atom is 0.341 e. The normalized spacial score (nSPS) is 16.8. The Bertz CT molecular complexity index is 1310. The first-order valence-electron chi connectivity index (χ1n) is 11.3. The SMILES string of the molecule is O=C(O)c1cn(-c2cccc(N3CCNCC3)c2F)c2cc(N3CCNCC3)c(F)cc2c1=O. The number of aromatic carboxylic acids is 1. The third kappa shape index (κ3) is 3.88. The highest BCUT2D eigenvalue weighted by Gasteiger charge is 2.23. The van der Waals surface area contributed by atoms with Gasteiger partial charge in [0.05, 0.1) is 22.6 Å². The zero-order valence-electron chi connectivity index (χ0n) is 18.5. The molecule has 0 radical (unpaired) electrons. The molecule has 1 aromatic heterocycles. The minimum absolute atomic E-state index is 0.0985. The lowest BCUT2D eigenvalue weighted by Gasteiger charge is -2.31. The maximum atomic E-state index is 15.8. The number of carboxylic acids is 1. The lowest BCUT2D eigenvalue weighted by atomic mass is 10.1. The van der Waals surface area contributed by atoms with E-state index in [4.69, 9.17) is 0 Å². The molecule has 2 fully saturated rings. The van der Waals surface area contributed by atoms with Crippen molar-refractivity contribution in [3.63, 3.8) is 0 Å². The topological polar surface area (TPSA) is 89.8 Å². The fourth-order valence-electron chi connectivity index (χ4n) is 4.68. The van der Waals surface area contributed by atoms with Crippen molar-refractivity contribution < 1.29 is 18.7 Å². The Balaban J connectivity index is 1.75. The molecule has 34 heavy (non-hydrogen) atoms. The Kier molecular flexibility index (Phi) is 5.93. The molecule has 2 aliphatic rings. The molecule has 3 N–H and O–H groups in total. The molecule has 178 valence electrons. The van der Waals surface area contributed by atoms with E-state index in [1.807, 2.05) is 9.80 Å². The number of anilines is 2. The molecule has 0 saturated carbocycles. The zero-order chi connectivity index (χ0) is 23.8. The van der Waals surface area contributed by atoms with Gasteiger partial charge >= 0.3 is 5.97 Å². The second-order valence-corrected chi connectivity index (χ2v) is 8.45. The van der Waals surface area contributed by atoms with E-state index in [0.717, 1.165) is 25.4 Å². The maximum absolute atomic E-state index is 15.8. The van der Waals surface area contributed by atoms with Gasteiger partial charge in [0.25, 0.3) is 0 Å². The predicted molar refractivity (Wildman–Crippen MR) is 127 cm³/mol. The summed E-state index contributed by atoms with van der Waals surface area (Å²) in [6.07, 6.45) is 1.13. The molecule has 2 aliphatic heterocycles. The number of benzene rings is 2. The first-order chi connectivity index (χ1) is 16.5. The summed E-state index contributed by atoms with van der Waals surface area (Å²) in [5, 5.41) is 16.0. The first kappa shape index (κ1) is 22.3. The standard InChI is InChI=1S/C24H25F2N5O3/c25-17-12-15-20(13-21(17)30-10-6-28-7-11-30)31(14-16(23(15)32)24(33)34)19-3-1-2-18(22(19)26)29-8-4-27-5-9-29/h1-3,12-14,27-28H,4-11H2,(H,33,34). The number of fused-ring (bicyclic) bond motifs is 1. The van der Waals surface area contributed by atoms with E-state index in [1.54, 1.807) is 12.1 Å². The van der Waals surface area contributed by atoms with Crippen LogP contribution in [-0.2, 0) is 0 Å².